The summed E-state index contributed by atoms with van der Waals surface area (Å²) in [5.74, 6) is 0.720. The summed E-state index contributed by atoms with van der Waals surface area (Å²) in [6, 6.07) is 33.1. The molecule has 0 aliphatic rings. The smallest absolute Gasteiger partial charge is 0.160 e. The molecule has 4 heteroatoms. The number of rotatable bonds is 3. The molecule has 0 saturated carbocycles. The van der Waals surface area contributed by atoms with Crippen LogP contribution < -0.4 is 0 Å². The average Bonchev–Trinajstić information content (AvgIpc) is 2.79. The van der Waals surface area contributed by atoms with Crippen molar-refractivity contribution >= 4 is 42.6 Å². The first kappa shape index (κ1) is 19.2. The molecule has 4 aromatic carbocycles. The molecule has 1 heterocycles. The topological polar surface area (TPSA) is 25.8 Å². The van der Waals surface area contributed by atoms with Crippen molar-refractivity contribution in [3.8, 4) is 33.9 Å². The van der Waals surface area contributed by atoms with Crippen molar-refractivity contribution in [3.63, 3.8) is 0 Å². The van der Waals surface area contributed by atoms with Gasteiger partial charge in [0, 0.05) is 25.6 Å². The molecule has 0 radical (unpaired) electrons. The van der Waals surface area contributed by atoms with Crippen LogP contribution in [0.3, 0.4) is 0 Å². The highest BCUT2D eigenvalue weighted by Crippen LogP contribution is 2.31. The maximum Gasteiger partial charge on any atom is 0.160 e. The number of hydrogen-bond donors (Lipinski definition) is 0. The van der Waals surface area contributed by atoms with Crippen LogP contribution in [0.15, 0.2) is 106 Å². The van der Waals surface area contributed by atoms with E-state index in [1.54, 1.807) is 0 Å². The summed E-state index contributed by atoms with van der Waals surface area (Å²) < 4.78 is 2.09. The summed E-state index contributed by atoms with van der Waals surface area (Å²) in [6.07, 6.45) is 0. The minimum absolute atomic E-state index is 0.720. The van der Waals surface area contributed by atoms with Crippen LogP contribution in [0, 0.1) is 0 Å². The van der Waals surface area contributed by atoms with E-state index in [1.807, 2.05) is 42.5 Å². The molecule has 5 rings (SSSR count). The van der Waals surface area contributed by atoms with Crippen molar-refractivity contribution in [1.82, 2.24) is 9.97 Å². The number of benzene rings is 4. The zero-order chi connectivity index (χ0) is 20.5. The largest absolute Gasteiger partial charge is 0.228 e. The second-order valence-corrected chi connectivity index (χ2v) is 8.88. The molecule has 0 aliphatic carbocycles. The third-order valence-corrected chi connectivity index (χ3v) is 5.96. The first-order valence-corrected chi connectivity index (χ1v) is 11.1. The predicted octanol–water partition coefficient (Wildman–Crippen LogP) is 8.16. The number of nitrogens with zero attached hydrogens (tertiary/aromatic N) is 2. The van der Waals surface area contributed by atoms with Crippen molar-refractivity contribution in [3.05, 3.63) is 106 Å². The lowest BCUT2D eigenvalue weighted by Gasteiger charge is -2.10. The lowest BCUT2D eigenvalue weighted by molar-refractivity contribution is 1.18. The van der Waals surface area contributed by atoms with Gasteiger partial charge in [-0.1, -0.05) is 92.5 Å². The van der Waals surface area contributed by atoms with Crippen molar-refractivity contribution in [2.24, 2.45) is 0 Å². The van der Waals surface area contributed by atoms with E-state index in [0.29, 0.717) is 0 Å². The van der Waals surface area contributed by atoms with Crippen LogP contribution in [-0.4, -0.2) is 9.97 Å². The Hall–Kier alpha value is -2.82. The molecule has 0 unspecified atom stereocenters. The van der Waals surface area contributed by atoms with Crippen LogP contribution in [0.1, 0.15) is 0 Å². The molecule has 0 N–H and O–H groups in total. The summed E-state index contributed by atoms with van der Waals surface area (Å²) in [6.45, 7) is 0. The van der Waals surface area contributed by atoms with Crippen LogP contribution >= 0.6 is 31.9 Å². The minimum Gasteiger partial charge on any atom is -0.228 e. The predicted molar refractivity (Wildman–Crippen MR) is 131 cm³/mol. The Labute approximate surface area is 191 Å². The normalized spacial score (nSPS) is 11.0. The molecule has 0 amide bonds. The molecule has 2 nitrogen and oxygen atoms in total. The van der Waals surface area contributed by atoms with E-state index in [-0.39, 0.29) is 0 Å². The Kier molecular flexibility index (Phi) is 5.19. The third-order valence-electron chi connectivity index (χ3n) is 4.98. The lowest BCUT2D eigenvalue weighted by atomic mass is 10.0. The fraction of sp³-hybridized carbons (Fsp3) is 0. The van der Waals surface area contributed by atoms with Gasteiger partial charge in [-0.15, -0.1) is 0 Å². The Morgan fingerprint density at radius 1 is 0.467 bits per heavy atom. The number of halogens is 2. The first-order valence-electron chi connectivity index (χ1n) is 9.56. The third kappa shape index (κ3) is 3.93. The van der Waals surface area contributed by atoms with E-state index in [1.165, 1.54) is 10.8 Å². The van der Waals surface area contributed by atoms with Crippen LogP contribution in [0.25, 0.3) is 44.7 Å². The molecule has 0 atom stereocenters. The van der Waals surface area contributed by atoms with Crippen molar-refractivity contribution in [2.75, 3.05) is 0 Å². The lowest BCUT2D eigenvalue weighted by Crippen LogP contribution is -1.96. The summed E-state index contributed by atoms with van der Waals surface area (Å²) >= 11 is 7.15. The summed E-state index contributed by atoms with van der Waals surface area (Å²) in [5, 5.41) is 2.37. The standard InChI is InChI=1S/C26H16Br2N2/c27-22-8-4-7-19(14-22)24-16-25(30-26(29-24)18-5-2-1-3-6-18)20-10-9-17-11-12-23(28)15-21(17)13-20/h1-16H. The van der Waals surface area contributed by atoms with Crippen LogP contribution in [-0.2, 0) is 0 Å². The molecule has 144 valence electrons. The summed E-state index contributed by atoms with van der Waals surface area (Å²) in [4.78, 5) is 9.79. The van der Waals surface area contributed by atoms with E-state index in [2.05, 4.69) is 86.5 Å². The number of fused-ring (bicyclic) bond motifs is 1. The van der Waals surface area contributed by atoms with Gasteiger partial charge in [-0.3, -0.25) is 0 Å². The maximum absolute atomic E-state index is 4.92. The zero-order valence-electron chi connectivity index (χ0n) is 15.9. The Morgan fingerprint density at radius 2 is 1.13 bits per heavy atom. The molecule has 1 aromatic heterocycles. The van der Waals surface area contributed by atoms with Crippen LogP contribution in [0.2, 0.25) is 0 Å². The van der Waals surface area contributed by atoms with Gasteiger partial charge in [0.25, 0.3) is 0 Å². The first-order chi connectivity index (χ1) is 14.7. The second-order valence-electron chi connectivity index (χ2n) is 7.04. The Morgan fingerprint density at radius 3 is 1.90 bits per heavy atom. The van der Waals surface area contributed by atoms with E-state index in [9.17, 15) is 0 Å². The summed E-state index contributed by atoms with van der Waals surface area (Å²) in [5.41, 5.74) is 4.92. The van der Waals surface area contributed by atoms with Gasteiger partial charge in [0.05, 0.1) is 11.4 Å². The number of hydrogen-bond acceptors (Lipinski definition) is 2. The summed E-state index contributed by atoms with van der Waals surface area (Å²) in [7, 11) is 0. The van der Waals surface area contributed by atoms with Crippen molar-refractivity contribution in [2.45, 2.75) is 0 Å². The average molecular weight is 516 g/mol. The van der Waals surface area contributed by atoms with E-state index >= 15 is 0 Å². The van der Waals surface area contributed by atoms with Gasteiger partial charge in [-0.25, -0.2) is 9.97 Å². The van der Waals surface area contributed by atoms with Crippen LogP contribution in [0.4, 0.5) is 0 Å². The molecule has 0 saturated heterocycles. The van der Waals surface area contributed by atoms with Gasteiger partial charge in [-0.05, 0) is 47.2 Å². The van der Waals surface area contributed by atoms with E-state index in [4.69, 9.17) is 9.97 Å². The molecule has 30 heavy (non-hydrogen) atoms. The fourth-order valence-electron chi connectivity index (χ4n) is 3.48. The quantitative estimate of drug-likeness (QED) is 0.242. The van der Waals surface area contributed by atoms with Crippen molar-refractivity contribution < 1.29 is 0 Å². The highest BCUT2D eigenvalue weighted by Gasteiger charge is 2.11. The van der Waals surface area contributed by atoms with Crippen LogP contribution in [0.5, 0.6) is 0 Å². The molecule has 5 aromatic rings. The Bertz CT molecular complexity index is 1360. The molecular weight excluding hydrogens is 500 g/mol. The minimum atomic E-state index is 0.720. The second kappa shape index (κ2) is 8.13. The highest BCUT2D eigenvalue weighted by atomic mass is 79.9. The molecule has 0 bridgehead atoms. The van der Waals surface area contributed by atoms with Gasteiger partial charge in [-0.2, -0.15) is 0 Å². The SMILES string of the molecule is Brc1cccc(-c2cc(-c3ccc4ccc(Br)cc4c3)nc(-c3ccccc3)n2)c1. The molecule has 0 aliphatic heterocycles. The Balaban J connectivity index is 1.72. The number of aromatic nitrogens is 2. The molecular formula is C26H16Br2N2. The van der Waals surface area contributed by atoms with Crippen molar-refractivity contribution in [1.29, 1.82) is 0 Å². The monoisotopic (exact) mass is 514 g/mol. The van der Waals surface area contributed by atoms with E-state index in [0.717, 1.165) is 42.8 Å². The van der Waals surface area contributed by atoms with Gasteiger partial charge in [0.1, 0.15) is 0 Å². The van der Waals surface area contributed by atoms with E-state index < -0.39 is 0 Å². The van der Waals surface area contributed by atoms with Gasteiger partial charge in [0.15, 0.2) is 5.82 Å². The molecule has 0 fully saturated rings. The fourth-order valence-corrected chi connectivity index (χ4v) is 4.26. The zero-order valence-corrected chi connectivity index (χ0v) is 19.1. The van der Waals surface area contributed by atoms with Gasteiger partial charge >= 0.3 is 0 Å². The maximum atomic E-state index is 4.92. The van der Waals surface area contributed by atoms with Gasteiger partial charge < -0.3 is 0 Å². The van der Waals surface area contributed by atoms with Gasteiger partial charge in [0.2, 0.25) is 0 Å². The molecule has 0 spiro atoms. The highest BCUT2D eigenvalue weighted by molar-refractivity contribution is 9.10.